The van der Waals surface area contributed by atoms with E-state index < -0.39 is 73.5 Å². The van der Waals surface area contributed by atoms with E-state index in [0.717, 1.165) is 17.8 Å². The van der Waals surface area contributed by atoms with E-state index in [2.05, 4.69) is 0 Å². The van der Waals surface area contributed by atoms with Gasteiger partial charge in [0.25, 0.3) is 0 Å². The molecule has 4 aromatic carbocycles. The second-order valence-corrected chi connectivity index (χ2v) is 10.8. The molecule has 0 saturated heterocycles. The molecule has 1 aromatic heterocycles. The number of ether oxygens (including phenoxy) is 3. The Morgan fingerprint density at radius 3 is 1.77 bits per heavy atom. The highest BCUT2D eigenvalue weighted by atomic mass is 16.6. The van der Waals surface area contributed by atoms with E-state index in [0.29, 0.717) is 13.7 Å². The van der Waals surface area contributed by atoms with Crippen LogP contribution in [0.15, 0.2) is 118 Å². The van der Waals surface area contributed by atoms with Crippen LogP contribution < -0.4 is 17.1 Å². The lowest BCUT2D eigenvalue weighted by molar-refractivity contribution is -0.00632. The number of hydrogen-bond donors (Lipinski definition) is 1. The molecule has 246 valence electrons. The van der Waals surface area contributed by atoms with Crippen molar-refractivity contribution in [2.75, 3.05) is 13.2 Å². The van der Waals surface area contributed by atoms with Crippen LogP contribution in [-0.4, -0.2) is 62.1 Å². The van der Waals surface area contributed by atoms with E-state index >= 15 is 0 Å². The van der Waals surface area contributed by atoms with Gasteiger partial charge >= 0.3 is 35.0 Å². The van der Waals surface area contributed by atoms with E-state index in [1.807, 2.05) is 24.3 Å². The van der Waals surface area contributed by atoms with Crippen LogP contribution in [0.1, 0.15) is 31.1 Å². The lowest BCUT2D eigenvalue weighted by atomic mass is 10.1. The third-order valence-corrected chi connectivity index (χ3v) is 7.36. The van der Waals surface area contributed by atoms with Crippen LogP contribution in [-0.2, 0) is 34.3 Å². The zero-order valence-electron chi connectivity index (χ0n) is 25.8. The molecular weight excluding hydrogens is 622 g/mol. The number of nitrogens with zero attached hydrogens (tertiary/aromatic N) is 3. The van der Waals surface area contributed by atoms with E-state index in [-0.39, 0.29) is 16.7 Å². The fourth-order valence-electron chi connectivity index (χ4n) is 4.85. The van der Waals surface area contributed by atoms with E-state index in [9.17, 15) is 33.9 Å². The largest absolute Gasteiger partial charge is 0.459 e. The minimum atomic E-state index is -1.51. The predicted octanol–water partition coefficient (Wildman–Crippen LogP) is 2.16. The van der Waals surface area contributed by atoms with Gasteiger partial charge in [-0.2, -0.15) is 0 Å². The number of hydrogen-bond acceptors (Lipinski definition) is 10. The van der Waals surface area contributed by atoms with E-state index in [1.165, 1.54) is 24.3 Å². The normalized spacial score (nSPS) is 12.2. The molecule has 0 aliphatic rings. The number of esters is 3. The van der Waals surface area contributed by atoms with Crippen molar-refractivity contribution in [3.63, 3.8) is 0 Å². The smallest absolute Gasteiger partial charge is 0.338 e. The molecule has 0 bridgehead atoms. The molecule has 0 amide bonds. The van der Waals surface area contributed by atoms with Crippen LogP contribution in [0, 0.1) is 0 Å². The molecule has 0 saturated carbocycles. The molecule has 2 atom stereocenters. The zero-order chi connectivity index (χ0) is 34.2. The van der Waals surface area contributed by atoms with Crippen LogP contribution in [0.25, 0.3) is 10.8 Å². The summed E-state index contributed by atoms with van der Waals surface area (Å²) in [5.41, 5.74) is -2.56. The molecule has 13 heteroatoms. The molecule has 48 heavy (non-hydrogen) atoms. The Bertz CT molecular complexity index is 2120. The maximum atomic E-state index is 13.5. The molecule has 13 nitrogen and oxygen atoms in total. The molecular formula is C35H31N3O10. The Labute approximate surface area is 272 Å². The first-order chi connectivity index (χ1) is 23.1. The number of rotatable bonds is 12. The fourth-order valence-corrected chi connectivity index (χ4v) is 4.85. The Morgan fingerprint density at radius 2 is 1.12 bits per heavy atom. The van der Waals surface area contributed by atoms with Crippen molar-refractivity contribution in [3.8, 4) is 0 Å². The number of aromatic nitrogens is 3. The van der Waals surface area contributed by atoms with Crippen LogP contribution in [0.3, 0.4) is 0 Å². The summed E-state index contributed by atoms with van der Waals surface area (Å²) in [5, 5.41) is 12.4. The summed E-state index contributed by atoms with van der Waals surface area (Å²) in [5.74, 6) is -2.26. The number of fused-ring (bicyclic) bond motifs is 1. The van der Waals surface area contributed by atoms with Crippen molar-refractivity contribution < 1.29 is 33.7 Å². The van der Waals surface area contributed by atoms with Crippen molar-refractivity contribution in [2.24, 2.45) is 7.05 Å². The quantitative estimate of drug-likeness (QED) is 0.156. The lowest BCUT2D eigenvalue weighted by Crippen LogP contribution is -2.56. The number of benzene rings is 4. The number of carbonyl (C=O) groups is 3. The maximum Gasteiger partial charge on any atom is 0.338 e. The molecule has 1 N–H and O–H groups in total. The second-order valence-electron chi connectivity index (χ2n) is 10.8. The van der Waals surface area contributed by atoms with Crippen LogP contribution in [0.4, 0.5) is 0 Å². The highest BCUT2D eigenvalue weighted by molar-refractivity contribution is 5.95. The predicted molar refractivity (Wildman–Crippen MR) is 173 cm³/mol. The molecule has 0 fully saturated rings. The Kier molecular flexibility index (Phi) is 10.4. The molecule has 0 aliphatic heterocycles. The highest BCUT2D eigenvalue weighted by Gasteiger charge is 2.24. The van der Waals surface area contributed by atoms with Gasteiger partial charge in [-0.25, -0.2) is 42.5 Å². The highest BCUT2D eigenvalue weighted by Crippen LogP contribution is 2.16. The van der Waals surface area contributed by atoms with Gasteiger partial charge in [0.2, 0.25) is 0 Å². The Hall–Kier alpha value is -6.08. The van der Waals surface area contributed by atoms with E-state index in [1.54, 1.807) is 54.6 Å². The molecule has 5 aromatic rings. The SMILES string of the molecule is Cn1c(=O)n(CC(O)COC(=O)c2ccc3ccccc3c2)c(=O)n(CC(COC(=O)c2ccccc2)OC(=O)c2ccccc2)c1=O. The topological polar surface area (TPSA) is 165 Å². The first-order valence-corrected chi connectivity index (χ1v) is 14.8. The Morgan fingerprint density at radius 1 is 0.604 bits per heavy atom. The third-order valence-electron chi connectivity index (χ3n) is 7.36. The van der Waals surface area contributed by atoms with Crippen molar-refractivity contribution in [2.45, 2.75) is 25.3 Å². The Balaban J connectivity index is 1.34. The number of aliphatic hydroxyl groups is 1. The molecule has 0 radical (unpaired) electrons. The average molecular weight is 654 g/mol. The van der Waals surface area contributed by atoms with Gasteiger partial charge in [0.1, 0.15) is 19.3 Å². The van der Waals surface area contributed by atoms with Gasteiger partial charge in [0, 0.05) is 7.05 Å². The van der Waals surface area contributed by atoms with Crippen LogP contribution >= 0.6 is 0 Å². The van der Waals surface area contributed by atoms with Gasteiger partial charge in [-0.3, -0.25) is 0 Å². The van der Waals surface area contributed by atoms with Gasteiger partial charge < -0.3 is 19.3 Å². The minimum Gasteiger partial charge on any atom is -0.459 e. The first kappa shape index (κ1) is 33.3. The third kappa shape index (κ3) is 7.82. The number of carbonyl (C=O) groups excluding carboxylic acids is 3. The van der Waals surface area contributed by atoms with Gasteiger partial charge in [-0.05, 0) is 47.2 Å². The summed E-state index contributed by atoms with van der Waals surface area (Å²) >= 11 is 0. The van der Waals surface area contributed by atoms with E-state index in [4.69, 9.17) is 14.2 Å². The molecule has 0 aliphatic carbocycles. The van der Waals surface area contributed by atoms with Crippen molar-refractivity contribution in [1.29, 1.82) is 0 Å². The van der Waals surface area contributed by atoms with Crippen molar-refractivity contribution >= 4 is 28.7 Å². The fraction of sp³-hybridized carbons (Fsp3) is 0.200. The van der Waals surface area contributed by atoms with Crippen molar-refractivity contribution in [1.82, 2.24) is 13.7 Å². The monoisotopic (exact) mass is 653 g/mol. The van der Waals surface area contributed by atoms with Gasteiger partial charge in [-0.15, -0.1) is 0 Å². The van der Waals surface area contributed by atoms with Gasteiger partial charge in [0.15, 0.2) is 6.10 Å². The van der Waals surface area contributed by atoms with Gasteiger partial charge in [0.05, 0.1) is 29.8 Å². The van der Waals surface area contributed by atoms with Gasteiger partial charge in [-0.1, -0.05) is 66.7 Å². The summed E-state index contributed by atoms with van der Waals surface area (Å²) in [6.45, 7) is -2.32. The minimum absolute atomic E-state index is 0.170. The number of aliphatic hydroxyl groups excluding tert-OH is 1. The lowest BCUT2D eigenvalue weighted by Gasteiger charge is -2.20. The van der Waals surface area contributed by atoms with Crippen molar-refractivity contribution in [3.05, 3.63) is 151 Å². The summed E-state index contributed by atoms with van der Waals surface area (Å²) in [6, 6.07) is 28.3. The second kappa shape index (κ2) is 15.0. The maximum absolute atomic E-state index is 13.5. The standard InChI is InChI=1S/C35H31N3O10/c1-36-33(43)37(19-28(39)21-46-31(41)27-17-16-23-10-8-9-15-26(23)18-27)35(45)38(34(36)44)20-29(48-32(42)25-13-6-3-7-14-25)22-47-30(40)24-11-4-2-5-12-24/h2-18,28-29,39H,19-22H2,1H3. The summed E-state index contributed by atoms with van der Waals surface area (Å²) in [4.78, 5) is 77.7. The molecule has 5 rings (SSSR count). The average Bonchev–Trinajstić information content (AvgIpc) is 3.12. The summed E-state index contributed by atoms with van der Waals surface area (Å²) in [6.07, 6.45) is -2.85. The summed E-state index contributed by atoms with van der Waals surface area (Å²) < 4.78 is 18.0. The molecule has 2 unspecified atom stereocenters. The van der Waals surface area contributed by atoms with Crippen LogP contribution in [0.2, 0.25) is 0 Å². The summed E-state index contributed by atoms with van der Waals surface area (Å²) in [7, 11) is 1.13. The van der Waals surface area contributed by atoms with Crippen LogP contribution in [0.5, 0.6) is 0 Å². The zero-order valence-corrected chi connectivity index (χ0v) is 25.8. The molecule has 0 spiro atoms. The first-order valence-electron chi connectivity index (χ1n) is 14.8. The molecule has 1 heterocycles.